The van der Waals surface area contributed by atoms with Crippen molar-refractivity contribution in [2.45, 2.75) is 32.2 Å². The van der Waals surface area contributed by atoms with E-state index in [1.807, 2.05) is 6.92 Å². The minimum absolute atomic E-state index is 0.219. The number of hydrogen-bond donors (Lipinski definition) is 2. The molecule has 0 spiro atoms. The predicted octanol–water partition coefficient (Wildman–Crippen LogP) is 0.793. The van der Waals surface area contributed by atoms with Crippen molar-refractivity contribution in [2.24, 2.45) is 7.05 Å². The SMILES string of the molecule is CCCC(C)(NC(=O)c1ccn(C)n1)C(=O)O. The highest BCUT2D eigenvalue weighted by Crippen LogP contribution is 2.13. The molecule has 1 aromatic rings. The molecule has 0 aliphatic rings. The summed E-state index contributed by atoms with van der Waals surface area (Å²) in [6, 6.07) is 1.55. The van der Waals surface area contributed by atoms with Gasteiger partial charge < -0.3 is 10.4 Å². The van der Waals surface area contributed by atoms with Crippen LogP contribution in [0.1, 0.15) is 37.2 Å². The Morgan fingerprint density at radius 1 is 1.59 bits per heavy atom. The lowest BCUT2D eigenvalue weighted by Gasteiger charge is -2.25. The second-order valence-electron chi connectivity index (χ2n) is 4.22. The second kappa shape index (κ2) is 4.99. The topological polar surface area (TPSA) is 84.2 Å². The fourth-order valence-corrected chi connectivity index (χ4v) is 1.57. The molecule has 1 rings (SSSR count). The van der Waals surface area contributed by atoms with Crippen LogP contribution in [0.25, 0.3) is 0 Å². The summed E-state index contributed by atoms with van der Waals surface area (Å²) in [5.41, 5.74) is -1.03. The Bertz CT molecular complexity index is 427. The van der Waals surface area contributed by atoms with E-state index >= 15 is 0 Å². The van der Waals surface area contributed by atoms with Gasteiger partial charge in [-0.05, 0) is 19.4 Å². The van der Waals surface area contributed by atoms with Crippen molar-refractivity contribution in [2.75, 3.05) is 0 Å². The maximum absolute atomic E-state index is 11.8. The lowest BCUT2D eigenvalue weighted by atomic mass is 9.96. The van der Waals surface area contributed by atoms with Crippen molar-refractivity contribution >= 4 is 11.9 Å². The Balaban J connectivity index is 2.81. The molecular weight excluding hydrogens is 222 g/mol. The van der Waals surface area contributed by atoms with Crippen LogP contribution in [0.3, 0.4) is 0 Å². The third-order valence-corrected chi connectivity index (χ3v) is 2.56. The molecule has 0 saturated heterocycles. The van der Waals surface area contributed by atoms with E-state index in [-0.39, 0.29) is 5.69 Å². The maximum atomic E-state index is 11.8. The van der Waals surface area contributed by atoms with Crippen molar-refractivity contribution in [3.63, 3.8) is 0 Å². The Morgan fingerprint density at radius 2 is 2.24 bits per heavy atom. The molecule has 6 nitrogen and oxygen atoms in total. The van der Waals surface area contributed by atoms with Gasteiger partial charge >= 0.3 is 5.97 Å². The monoisotopic (exact) mass is 239 g/mol. The van der Waals surface area contributed by atoms with Crippen LogP contribution < -0.4 is 5.32 Å². The van der Waals surface area contributed by atoms with E-state index in [4.69, 9.17) is 5.11 Å². The largest absolute Gasteiger partial charge is 0.480 e. The molecule has 1 unspecified atom stereocenters. The summed E-state index contributed by atoms with van der Waals surface area (Å²) in [4.78, 5) is 22.9. The molecule has 94 valence electrons. The smallest absolute Gasteiger partial charge is 0.329 e. The molecule has 0 aliphatic heterocycles. The van der Waals surface area contributed by atoms with Gasteiger partial charge in [0.05, 0.1) is 0 Å². The zero-order chi connectivity index (χ0) is 13.1. The van der Waals surface area contributed by atoms with E-state index in [0.717, 1.165) is 0 Å². The van der Waals surface area contributed by atoms with Gasteiger partial charge in [-0.2, -0.15) is 5.10 Å². The molecule has 1 amide bonds. The first kappa shape index (κ1) is 13.2. The average Bonchev–Trinajstić information content (AvgIpc) is 2.65. The Kier molecular flexibility index (Phi) is 3.88. The number of carboxylic acids is 1. The van der Waals surface area contributed by atoms with Crippen molar-refractivity contribution in [3.8, 4) is 0 Å². The quantitative estimate of drug-likeness (QED) is 0.795. The molecule has 0 aromatic carbocycles. The van der Waals surface area contributed by atoms with Crippen LogP contribution in [-0.4, -0.2) is 32.3 Å². The van der Waals surface area contributed by atoms with Gasteiger partial charge in [0.1, 0.15) is 11.2 Å². The number of aryl methyl sites for hydroxylation is 1. The summed E-state index contributed by atoms with van der Waals surface area (Å²) >= 11 is 0. The standard InChI is InChI=1S/C11H17N3O3/c1-4-6-11(2,10(16)17)12-9(15)8-5-7-14(3)13-8/h5,7H,4,6H2,1-3H3,(H,12,15)(H,16,17). The summed E-state index contributed by atoms with van der Waals surface area (Å²) < 4.78 is 1.49. The minimum atomic E-state index is -1.25. The Labute approximate surface area is 99.6 Å². The van der Waals surface area contributed by atoms with Crippen LogP contribution in [0.5, 0.6) is 0 Å². The number of rotatable bonds is 5. The molecule has 0 radical (unpaired) electrons. The maximum Gasteiger partial charge on any atom is 0.329 e. The van der Waals surface area contributed by atoms with Gasteiger partial charge in [0.25, 0.3) is 5.91 Å². The van der Waals surface area contributed by atoms with Gasteiger partial charge in [0.2, 0.25) is 0 Å². The van der Waals surface area contributed by atoms with Gasteiger partial charge in [-0.1, -0.05) is 13.3 Å². The third kappa shape index (κ3) is 3.05. The number of carbonyl (C=O) groups is 2. The Morgan fingerprint density at radius 3 is 2.65 bits per heavy atom. The summed E-state index contributed by atoms with van der Waals surface area (Å²) in [5, 5.41) is 15.6. The fourth-order valence-electron chi connectivity index (χ4n) is 1.57. The number of amides is 1. The number of hydrogen-bond acceptors (Lipinski definition) is 3. The van der Waals surface area contributed by atoms with E-state index in [0.29, 0.717) is 12.8 Å². The molecule has 1 atom stereocenters. The second-order valence-corrected chi connectivity index (χ2v) is 4.22. The molecule has 6 heteroatoms. The predicted molar refractivity (Wildman–Crippen MR) is 61.6 cm³/mol. The highest BCUT2D eigenvalue weighted by molar-refractivity contribution is 5.96. The Hall–Kier alpha value is -1.85. The van der Waals surface area contributed by atoms with Gasteiger partial charge in [-0.15, -0.1) is 0 Å². The van der Waals surface area contributed by atoms with Crippen molar-refractivity contribution in [1.29, 1.82) is 0 Å². The fraction of sp³-hybridized carbons (Fsp3) is 0.545. The summed E-state index contributed by atoms with van der Waals surface area (Å²) in [5.74, 6) is -1.51. The molecule has 17 heavy (non-hydrogen) atoms. The lowest BCUT2D eigenvalue weighted by Crippen LogP contribution is -2.52. The van der Waals surface area contributed by atoms with E-state index in [1.165, 1.54) is 11.6 Å². The minimum Gasteiger partial charge on any atom is -0.480 e. The van der Waals surface area contributed by atoms with Crippen LogP contribution >= 0.6 is 0 Å². The number of nitrogens with one attached hydrogen (secondary N) is 1. The van der Waals surface area contributed by atoms with Gasteiger partial charge in [0, 0.05) is 13.2 Å². The van der Waals surface area contributed by atoms with E-state index < -0.39 is 17.4 Å². The van der Waals surface area contributed by atoms with Crippen LogP contribution in [0.15, 0.2) is 12.3 Å². The van der Waals surface area contributed by atoms with Crippen LogP contribution in [0, 0.1) is 0 Å². The summed E-state index contributed by atoms with van der Waals surface area (Å²) in [6.07, 6.45) is 2.68. The van der Waals surface area contributed by atoms with Crippen LogP contribution in [0.4, 0.5) is 0 Å². The number of carbonyl (C=O) groups excluding carboxylic acids is 1. The first-order valence-electron chi connectivity index (χ1n) is 5.44. The first-order valence-corrected chi connectivity index (χ1v) is 5.44. The molecule has 0 fully saturated rings. The number of aromatic nitrogens is 2. The average molecular weight is 239 g/mol. The molecule has 1 heterocycles. The molecule has 0 saturated carbocycles. The van der Waals surface area contributed by atoms with Crippen molar-refractivity contribution in [3.05, 3.63) is 18.0 Å². The normalized spacial score (nSPS) is 14.1. The molecular formula is C11H17N3O3. The molecule has 2 N–H and O–H groups in total. The number of nitrogens with zero attached hydrogens (tertiary/aromatic N) is 2. The zero-order valence-corrected chi connectivity index (χ0v) is 10.2. The molecule has 1 aromatic heterocycles. The highest BCUT2D eigenvalue weighted by Gasteiger charge is 2.34. The van der Waals surface area contributed by atoms with Crippen molar-refractivity contribution in [1.82, 2.24) is 15.1 Å². The first-order chi connectivity index (χ1) is 7.89. The molecule has 0 aliphatic carbocycles. The van der Waals surface area contributed by atoms with Gasteiger partial charge in [-0.3, -0.25) is 9.48 Å². The zero-order valence-electron chi connectivity index (χ0n) is 10.2. The number of aliphatic carboxylic acids is 1. The number of carboxylic acid groups (broad SMARTS) is 1. The van der Waals surface area contributed by atoms with E-state index in [2.05, 4.69) is 10.4 Å². The highest BCUT2D eigenvalue weighted by atomic mass is 16.4. The van der Waals surface area contributed by atoms with E-state index in [9.17, 15) is 9.59 Å². The van der Waals surface area contributed by atoms with Crippen molar-refractivity contribution < 1.29 is 14.7 Å². The van der Waals surface area contributed by atoms with E-state index in [1.54, 1.807) is 19.3 Å². The summed E-state index contributed by atoms with van der Waals surface area (Å²) in [7, 11) is 1.69. The van der Waals surface area contributed by atoms with Gasteiger partial charge in [-0.25, -0.2) is 4.79 Å². The third-order valence-electron chi connectivity index (χ3n) is 2.56. The molecule has 0 bridgehead atoms. The summed E-state index contributed by atoms with van der Waals surface area (Å²) in [6.45, 7) is 3.37. The van der Waals surface area contributed by atoms with Crippen LogP contribution in [-0.2, 0) is 11.8 Å². The van der Waals surface area contributed by atoms with Crippen LogP contribution in [0.2, 0.25) is 0 Å². The van der Waals surface area contributed by atoms with Gasteiger partial charge in [0.15, 0.2) is 0 Å². The lowest BCUT2D eigenvalue weighted by molar-refractivity contribution is -0.144.